The van der Waals surface area contributed by atoms with Gasteiger partial charge in [-0.2, -0.15) is 0 Å². The van der Waals surface area contributed by atoms with Crippen LogP contribution in [0.4, 0.5) is 0 Å². The molecule has 1 atom stereocenters. The molecule has 5 heteroatoms. The maximum absolute atomic E-state index is 4.42. The molecule has 0 aromatic carbocycles. The number of nitrogens with one attached hydrogen (secondary N) is 1. The lowest BCUT2D eigenvalue weighted by Crippen LogP contribution is -2.22. The van der Waals surface area contributed by atoms with Crippen LogP contribution in [0.5, 0.6) is 0 Å². The van der Waals surface area contributed by atoms with Gasteiger partial charge in [0.15, 0.2) is 0 Å². The van der Waals surface area contributed by atoms with Crippen molar-refractivity contribution in [2.75, 3.05) is 7.05 Å². The maximum atomic E-state index is 4.42. The van der Waals surface area contributed by atoms with Crippen molar-refractivity contribution in [2.45, 2.75) is 32.9 Å². The Morgan fingerprint density at radius 2 is 2.11 bits per heavy atom. The van der Waals surface area contributed by atoms with Crippen LogP contribution in [0, 0.1) is 6.92 Å². The van der Waals surface area contributed by atoms with E-state index in [1.807, 2.05) is 32.6 Å². The fourth-order valence-electron chi connectivity index (χ4n) is 1.94. The van der Waals surface area contributed by atoms with Crippen LogP contribution in [0.2, 0.25) is 0 Å². The fraction of sp³-hybridized carbons (Fsp3) is 0.462. The molecule has 96 valence electrons. The van der Waals surface area contributed by atoms with E-state index in [0.717, 1.165) is 30.2 Å². The second-order valence-electron chi connectivity index (χ2n) is 4.26. The Morgan fingerprint density at radius 1 is 1.28 bits per heavy atom. The molecule has 2 aromatic heterocycles. The zero-order valence-electron chi connectivity index (χ0n) is 11.1. The van der Waals surface area contributed by atoms with Crippen LogP contribution in [0.3, 0.4) is 0 Å². The minimum absolute atomic E-state index is 0.144. The van der Waals surface area contributed by atoms with Gasteiger partial charge in [-0.15, -0.1) is 0 Å². The van der Waals surface area contributed by atoms with Gasteiger partial charge in [0.05, 0.1) is 23.6 Å². The molecule has 2 rings (SSSR count). The number of imidazole rings is 1. The Hall–Kier alpha value is -1.75. The average Bonchev–Trinajstić information content (AvgIpc) is 2.84. The standard InChI is InChI=1S/C13H19N5/c1-4-18-6-5-15-13(18)7-11(14-3)12-9-16-10(2)8-17-12/h5-6,8-9,11,14H,4,7H2,1-3H3. The number of hydrogen-bond acceptors (Lipinski definition) is 4. The van der Waals surface area contributed by atoms with Crippen molar-refractivity contribution in [1.29, 1.82) is 0 Å². The number of rotatable bonds is 5. The molecule has 0 fully saturated rings. The molecule has 0 aliphatic heterocycles. The highest BCUT2D eigenvalue weighted by Crippen LogP contribution is 2.14. The summed E-state index contributed by atoms with van der Waals surface area (Å²) in [5.41, 5.74) is 1.89. The zero-order chi connectivity index (χ0) is 13.0. The number of likely N-dealkylation sites (N-methyl/N-ethyl adjacent to an activating group) is 1. The summed E-state index contributed by atoms with van der Waals surface area (Å²) in [6.45, 7) is 4.99. The predicted molar refractivity (Wildman–Crippen MR) is 70.2 cm³/mol. The van der Waals surface area contributed by atoms with E-state index in [1.54, 1.807) is 6.20 Å². The lowest BCUT2D eigenvalue weighted by molar-refractivity contribution is 0.538. The van der Waals surface area contributed by atoms with Crippen molar-refractivity contribution < 1.29 is 0 Å². The zero-order valence-corrected chi connectivity index (χ0v) is 11.1. The van der Waals surface area contributed by atoms with Gasteiger partial charge in [0.25, 0.3) is 0 Å². The van der Waals surface area contributed by atoms with Gasteiger partial charge in [0.1, 0.15) is 5.82 Å². The Bertz CT molecular complexity index is 488. The van der Waals surface area contributed by atoms with Gasteiger partial charge in [0, 0.05) is 31.6 Å². The molecule has 5 nitrogen and oxygen atoms in total. The van der Waals surface area contributed by atoms with Crippen LogP contribution in [0.15, 0.2) is 24.8 Å². The van der Waals surface area contributed by atoms with Gasteiger partial charge >= 0.3 is 0 Å². The Labute approximate surface area is 107 Å². The van der Waals surface area contributed by atoms with Gasteiger partial charge < -0.3 is 9.88 Å². The smallest absolute Gasteiger partial charge is 0.110 e. The molecule has 1 N–H and O–H groups in total. The van der Waals surface area contributed by atoms with Crippen molar-refractivity contribution in [3.05, 3.63) is 42.0 Å². The first kappa shape index (κ1) is 12.7. The molecule has 0 bridgehead atoms. The van der Waals surface area contributed by atoms with E-state index >= 15 is 0 Å². The highest BCUT2D eigenvalue weighted by molar-refractivity contribution is 5.09. The van der Waals surface area contributed by atoms with Gasteiger partial charge in [-0.3, -0.25) is 9.97 Å². The Balaban J connectivity index is 2.17. The molecule has 0 amide bonds. The van der Waals surface area contributed by atoms with E-state index in [-0.39, 0.29) is 6.04 Å². The third-order valence-corrected chi connectivity index (χ3v) is 3.04. The third-order valence-electron chi connectivity index (χ3n) is 3.04. The second kappa shape index (κ2) is 5.73. The van der Waals surface area contributed by atoms with E-state index in [2.05, 4.69) is 31.8 Å². The molecule has 0 radical (unpaired) electrons. The van der Waals surface area contributed by atoms with E-state index < -0.39 is 0 Å². The molecule has 0 aliphatic carbocycles. The summed E-state index contributed by atoms with van der Waals surface area (Å²) < 4.78 is 2.14. The fourth-order valence-corrected chi connectivity index (χ4v) is 1.94. The average molecular weight is 245 g/mol. The van der Waals surface area contributed by atoms with Crippen LogP contribution < -0.4 is 5.32 Å². The molecule has 0 aliphatic rings. The highest BCUT2D eigenvalue weighted by Gasteiger charge is 2.14. The molecule has 2 aromatic rings. The number of hydrogen-bond donors (Lipinski definition) is 1. The first-order valence-electron chi connectivity index (χ1n) is 6.20. The van der Waals surface area contributed by atoms with E-state index in [1.165, 1.54) is 0 Å². The van der Waals surface area contributed by atoms with E-state index in [4.69, 9.17) is 0 Å². The first-order valence-corrected chi connectivity index (χ1v) is 6.20. The summed E-state index contributed by atoms with van der Waals surface area (Å²) in [4.78, 5) is 13.1. The van der Waals surface area contributed by atoms with Crippen molar-refractivity contribution >= 4 is 0 Å². The monoisotopic (exact) mass is 245 g/mol. The summed E-state index contributed by atoms with van der Waals surface area (Å²) in [5.74, 6) is 1.07. The lowest BCUT2D eigenvalue weighted by Gasteiger charge is -2.15. The molecule has 1 unspecified atom stereocenters. The molecule has 0 spiro atoms. The SMILES string of the molecule is CCn1ccnc1CC(NC)c1cnc(C)cn1. The van der Waals surface area contributed by atoms with Crippen molar-refractivity contribution in [3.63, 3.8) is 0 Å². The number of aryl methyl sites for hydroxylation is 2. The van der Waals surface area contributed by atoms with E-state index in [0.29, 0.717) is 0 Å². The van der Waals surface area contributed by atoms with E-state index in [9.17, 15) is 0 Å². The highest BCUT2D eigenvalue weighted by atomic mass is 15.1. The first-order chi connectivity index (χ1) is 8.74. The lowest BCUT2D eigenvalue weighted by atomic mass is 10.1. The summed E-state index contributed by atoms with van der Waals surface area (Å²) in [7, 11) is 1.94. The van der Waals surface area contributed by atoms with Crippen LogP contribution in [0.1, 0.15) is 30.2 Å². The van der Waals surface area contributed by atoms with Crippen molar-refractivity contribution in [1.82, 2.24) is 24.8 Å². The van der Waals surface area contributed by atoms with Crippen LogP contribution in [-0.4, -0.2) is 26.6 Å². The molecular weight excluding hydrogens is 226 g/mol. The summed E-state index contributed by atoms with van der Waals surface area (Å²) >= 11 is 0. The molecular formula is C13H19N5. The quantitative estimate of drug-likeness (QED) is 0.867. The Kier molecular flexibility index (Phi) is 4.04. The van der Waals surface area contributed by atoms with Crippen molar-refractivity contribution in [3.8, 4) is 0 Å². The molecule has 18 heavy (non-hydrogen) atoms. The van der Waals surface area contributed by atoms with Crippen molar-refractivity contribution in [2.24, 2.45) is 0 Å². The Morgan fingerprint density at radius 3 is 2.72 bits per heavy atom. The summed E-state index contributed by atoms with van der Waals surface area (Å²) in [6, 6.07) is 0.144. The predicted octanol–water partition coefficient (Wildman–Crippen LogP) is 1.50. The van der Waals surface area contributed by atoms with Crippen LogP contribution in [0.25, 0.3) is 0 Å². The summed E-state index contributed by atoms with van der Waals surface area (Å²) in [5, 5.41) is 3.27. The van der Waals surface area contributed by atoms with Gasteiger partial charge in [-0.1, -0.05) is 0 Å². The van der Waals surface area contributed by atoms with Crippen LogP contribution in [-0.2, 0) is 13.0 Å². The van der Waals surface area contributed by atoms with Gasteiger partial charge in [0.2, 0.25) is 0 Å². The largest absolute Gasteiger partial charge is 0.335 e. The topological polar surface area (TPSA) is 55.6 Å². The molecule has 2 heterocycles. The normalized spacial score (nSPS) is 12.6. The minimum atomic E-state index is 0.144. The minimum Gasteiger partial charge on any atom is -0.335 e. The second-order valence-corrected chi connectivity index (χ2v) is 4.26. The summed E-state index contributed by atoms with van der Waals surface area (Å²) in [6.07, 6.45) is 8.28. The van der Waals surface area contributed by atoms with Gasteiger partial charge in [-0.05, 0) is 20.9 Å². The number of aromatic nitrogens is 4. The van der Waals surface area contributed by atoms with Crippen LogP contribution >= 0.6 is 0 Å². The molecule has 0 saturated carbocycles. The maximum Gasteiger partial charge on any atom is 0.110 e. The molecule has 0 saturated heterocycles. The third kappa shape index (κ3) is 2.73. The van der Waals surface area contributed by atoms with Gasteiger partial charge in [-0.25, -0.2) is 4.98 Å². The number of nitrogens with zero attached hydrogens (tertiary/aromatic N) is 4.